The van der Waals surface area contributed by atoms with E-state index < -0.39 is 29.8 Å². The summed E-state index contributed by atoms with van der Waals surface area (Å²) in [6.45, 7) is 3.83. The number of nitrogens with zero attached hydrogens (tertiary/aromatic N) is 1. The molecular formula is C24H31BN2O6. The van der Waals surface area contributed by atoms with Gasteiger partial charge in [0.05, 0.1) is 10.9 Å². The van der Waals surface area contributed by atoms with E-state index in [1.54, 1.807) is 12.1 Å². The highest BCUT2D eigenvalue weighted by Crippen LogP contribution is 2.18. The van der Waals surface area contributed by atoms with Crippen LogP contribution in [0.5, 0.6) is 0 Å². The van der Waals surface area contributed by atoms with Crippen molar-refractivity contribution >= 4 is 24.5 Å². The molecule has 2 aromatic carbocycles. The van der Waals surface area contributed by atoms with Gasteiger partial charge >= 0.3 is 7.12 Å². The number of hydrogen-bond acceptors (Lipinski definition) is 6. The molecule has 2 aromatic rings. The van der Waals surface area contributed by atoms with Crippen molar-refractivity contribution in [2.24, 2.45) is 11.8 Å². The van der Waals surface area contributed by atoms with E-state index in [-0.39, 0.29) is 30.2 Å². The zero-order valence-electron chi connectivity index (χ0n) is 19.0. The Morgan fingerprint density at radius 3 is 2.33 bits per heavy atom. The molecule has 3 N–H and O–H groups in total. The molecule has 0 unspecified atom stereocenters. The van der Waals surface area contributed by atoms with Crippen molar-refractivity contribution in [3.63, 3.8) is 0 Å². The molecular weight excluding hydrogens is 423 g/mol. The smallest absolute Gasteiger partial charge is 0.426 e. The number of nitro benzene ring substituents is 1. The zero-order chi connectivity index (χ0) is 24.4. The Kier molecular flexibility index (Phi) is 10.2. The van der Waals surface area contributed by atoms with Crippen LogP contribution >= 0.6 is 0 Å². The highest BCUT2D eigenvalue weighted by Gasteiger charge is 2.30. The third-order valence-electron chi connectivity index (χ3n) is 5.40. The number of carbonyl (C=O) groups excluding carboxylic acids is 2. The van der Waals surface area contributed by atoms with Crippen molar-refractivity contribution in [1.29, 1.82) is 0 Å². The molecule has 0 aromatic heterocycles. The minimum Gasteiger partial charge on any atom is -0.426 e. The van der Waals surface area contributed by atoms with Crippen LogP contribution in [0, 0.1) is 22.0 Å². The highest BCUT2D eigenvalue weighted by molar-refractivity contribution is 6.43. The van der Waals surface area contributed by atoms with Gasteiger partial charge in [-0.05, 0) is 36.3 Å². The lowest BCUT2D eigenvalue weighted by Gasteiger charge is -2.23. The summed E-state index contributed by atoms with van der Waals surface area (Å²) in [6, 6.07) is 15.5. The summed E-state index contributed by atoms with van der Waals surface area (Å²) in [4.78, 5) is 36.2. The number of Topliss-reactive ketones (excluding diaryl/α,β-unsaturated/α-hetero) is 1. The van der Waals surface area contributed by atoms with Crippen LogP contribution in [0.4, 0.5) is 5.69 Å². The van der Waals surface area contributed by atoms with Gasteiger partial charge in [0, 0.05) is 30.9 Å². The van der Waals surface area contributed by atoms with Crippen LogP contribution in [0.3, 0.4) is 0 Å². The second-order valence-corrected chi connectivity index (χ2v) is 8.71. The predicted octanol–water partition coefficient (Wildman–Crippen LogP) is 2.89. The first-order valence-electron chi connectivity index (χ1n) is 11.1. The molecule has 0 saturated carbocycles. The molecule has 0 heterocycles. The fraction of sp³-hybridized carbons (Fsp3) is 0.417. The van der Waals surface area contributed by atoms with Gasteiger partial charge in [-0.25, -0.2) is 0 Å². The van der Waals surface area contributed by atoms with Gasteiger partial charge < -0.3 is 15.4 Å². The summed E-state index contributed by atoms with van der Waals surface area (Å²) < 4.78 is 0. The van der Waals surface area contributed by atoms with E-state index in [9.17, 15) is 29.8 Å². The molecule has 0 aliphatic rings. The van der Waals surface area contributed by atoms with Crippen LogP contribution in [-0.2, 0) is 22.4 Å². The number of amides is 1. The Balaban J connectivity index is 2.07. The van der Waals surface area contributed by atoms with Gasteiger partial charge in [0.15, 0.2) is 0 Å². The number of benzene rings is 2. The van der Waals surface area contributed by atoms with E-state index >= 15 is 0 Å². The van der Waals surface area contributed by atoms with Crippen LogP contribution in [0.15, 0.2) is 54.6 Å². The fourth-order valence-electron chi connectivity index (χ4n) is 3.71. The van der Waals surface area contributed by atoms with E-state index in [1.807, 2.05) is 44.2 Å². The van der Waals surface area contributed by atoms with E-state index in [0.29, 0.717) is 24.8 Å². The summed E-state index contributed by atoms with van der Waals surface area (Å²) in [5.74, 6) is -1.89. The summed E-state index contributed by atoms with van der Waals surface area (Å²) in [7, 11) is -1.70. The number of carbonyl (C=O) groups is 2. The molecule has 2 atom stereocenters. The first-order chi connectivity index (χ1) is 15.7. The van der Waals surface area contributed by atoms with Gasteiger partial charge in [0.2, 0.25) is 5.91 Å². The number of rotatable bonds is 13. The van der Waals surface area contributed by atoms with E-state index in [2.05, 4.69) is 5.32 Å². The van der Waals surface area contributed by atoms with Gasteiger partial charge in [-0.3, -0.25) is 19.7 Å². The lowest BCUT2D eigenvalue weighted by atomic mass is 9.74. The summed E-state index contributed by atoms with van der Waals surface area (Å²) in [5.41, 5.74) is 1.55. The Hall–Kier alpha value is -3.04. The Morgan fingerprint density at radius 2 is 1.73 bits per heavy atom. The van der Waals surface area contributed by atoms with Crippen LogP contribution < -0.4 is 5.32 Å². The van der Waals surface area contributed by atoms with Crippen LogP contribution in [0.1, 0.15) is 44.2 Å². The van der Waals surface area contributed by atoms with Crippen molar-refractivity contribution < 1.29 is 24.6 Å². The topological polar surface area (TPSA) is 130 Å². The lowest BCUT2D eigenvalue weighted by molar-refractivity contribution is -0.384. The first kappa shape index (κ1) is 26.2. The highest BCUT2D eigenvalue weighted by atomic mass is 16.6. The maximum atomic E-state index is 13.0. The number of nitro groups is 1. The van der Waals surface area contributed by atoms with Crippen molar-refractivity contribution in [3.05, 3.63) is 75.8 Å². The molecule has 33 heavy (non-hydrogen) atoms. The average Bonchev–Trinajstić information content (AvgIpc) is 2.77. The first-order valence-corrected chi connectivity index (χ1v) is 11.1. The Labute approximate surface area is 194 Å². The number of ketones is 1. The molecule has 176 valence electrons. The number of nitrogens with one attached hydrogen (secondary N) is 1. The second kappa shape index (κ2) is 12.9. The molecule has 0 fully saturated rings. The zero-order valence-corrected chi connectivity index (χ0v) is 19.0. The monoisotopic (exact) mass is 454 g/mol. The maximum Gasteiger partial charge on any atom is 0.475 e. The van der Waals surface area contributed by atoms with Gasteiger partial charge in [0.25, 0.3) is 5.69 Å². The van der Waals surface area contributed by atoms with Crippen molar-refractivity contribution in [1.82, 2.24) is 5.32 Å². The van der Waals surface area contributed by atoms with Gasteiger partial charge in [-0.1, -0.05) is 56.3 Å². The normalized spacial score (nSPS) is 12.8. The largest absolute Gasteiger partial charge is 0.475 e. The molecule has 2 rings (SSSR count). The van der Waals surface area contributed by atoms with Crippen molar-refractivity contribution in [2.75, 3.05) is 0 Å². The minimum atomic E-state index is -1.70. The number of non-ortho nitro benzene ring substituents is 1. The average molecular weight is 454 g/mol. The Bertz CT molecular complexity index is 936. The maximum absolute atomic E-state index is 13.0. The quantitative estimate of drug-likeness (QED) is 0.242. The minimum absolute atomic E-state index is 0.00836. The van der Waals surface area contributed by atoms with Crippen LogP contribution in [-0.4, -0.2) is 39.7 Å². The third-order valence-corrected chi connectivity index (χ3v) is 5.40. The predicted molar refractivity (Wildman–Crippen MR) is 126 cm³/mol. The number of hydrogen-bond donors (Lipinski definition) is 3. The molecule has 0 radical (unpaired) electrons. The van der Waals surface area contributed by atoms with Crippen LogP contribution in [0.2, 0.25) is 0 Å². The SMILES string of the molecule is CC(C)C[C@H](NC(=O)[C@@H](CC(=O)CCc1cccc([N+](=O)[O-])c1)Cc1ccccc1)B(O)O. The second-order valence-electron chi connectivity index (χ2n) is 8.71. The molecule has 0 saturated heterocycles. The Morgan fingerprint density at radius 1 is 1.06 bits per heavy atom. The molecule has 1 amide bonds. The van der Waals surface area contributed by atoms with Gasteiger partial charge in [-0.2, -0.15) is 0 Å². The van der Waals surface area contributed by atoms with Gasteiger partial charge in [-0.15, -0.1) is 0 Å². The molecule has 0 bridgehead atoms. The van der Waals surface area contributed by atoms with Crippen LogP contribution in [0.25, 0.3) is 0 Å². The van der Waals surface area contributed by atoms with E-state index in [4.69, 9.17) is 0 Å². The molecule has 0 spiro atoms. The molecule has 0 aliphatic heterocycles. The summed E-state index contributed by atoms with van der Waals surface area (Å²) in [5, 5.41) is 33.0. The van der Waals surface area contributed by atoms with Gasteiger partial charge in [0.1, 0.15) is 5.78 Å². The third kappa shape index (κ3) is 9.15. The number of aryl methyl sites for hydroxylation is 1. The van der Waals surface area contributed by atoms with Crippen molar-refractivity contribution in [2.45, 2.75) is 51.9 Å². The molecule has 8 nitrogen and oxygen atoms in total. The lowest BCUT2D eigenvalue weighted by Crippen LogP contribution is -2.49. The summed E-state index contributed by atoms with van der Waals surface area (Å²) in [6.07, 6.45) is 1.21. The fourth-order valence-corrected chi connectivity index (χ4v) is 3.71. The van der Waals surface area contributed by atoms with E-state index in [0.717, 1.165) is 5.56 Å². The molecule has 0 aliphatic carbocycles. The van der Waals surface area contributed by atoms with Crippen molar-refractivity contribution in [3.8, 4) is 0 Å². The standard InChI is InChI=1S/C24H31BN2O6/c1-17(2)13-23(25(30)31)26-24(29)20(14-18-7-4-3-5-8-18)16-22(28)12-11-19-9-6-10-21(15-19)27(32)33/h3-10,15,17,20,23,30-31H,11-14,16H2,1-2H3,(H,26,29)/t20-,23+/m1/s1. The molecule has 9 heteroatoms. The summed E-state index contributed by atoms with van der Waals surface area (Å²) >= 11 is 0. The van der Waals surface area contributed by atoms with E-state index in [1.165, 1.54) is 12.1 Å².